The van der Waals surface area contributed by atoms with Crippen molar-refractivity contribution in [3.8, 4) is 11.3 Å². The van der Waals surface area contributed by atoms with Crippen molar-refractivity contribution in [1.29, 1.82) is 0 Å². The van der Waals surface area contributed by atoms with Gasteiger partial charge in [-0.3, -0.25) is 0 Å². The summed E-state index contributed by atoms with van der Waals surface area (Å²) in [6, 6.07) is 7.85. The van der Waals surface area contributed by atoms with E-state index >= 15 is 0 Å². The molecule has 76 valence electrons. The Balaban J connectivity index is 1.93. The molecule has 1 aromatic carbocycles. The summed E-state index contributed by atoms with van der Waals surface area (Å²) in [7, 11) is 0. The highest BCUT2D eigenvalue weighted by Crippen LogP contribution is 2.38. The SMILES string of the molecule is Nc1ccc(-c2cnc(C3CC3)[nH]2)cc1. The Morgan fingerprint density at radius 1 is 1.20 bits per heavy atom. The molecule has 3 heteroatoms. The number of nitrogens with zero attached hydrogens (tertiary/aromatic N) is 1. The fourth-order valence-corrected chi connectivity index (χ4v) is 1.71. The lowest BCUT2D eigenvalue weighted by atomic mass is 10.1. The van der Waals surface area contributed by atoms with E-state index in [9.17, 15) is 0 Å². The lowest BCUT2D eigenvalue weighted by molar-refractivity contribution is 0.977. The third-order valence-electron chi connectivity index (χ3n) is 2.78. The van der Waals surface area contributed by atoms with Gasteiger partial charge < -0.3 is 10.7 Å². The lowest BCUT2D eigenvalue weighted by Crippen LogP contribution is -1.84. The quantitative estimate of drug-likeness (QED) is 0.730. The number of hydrogen-bond donors (Lipinski definition) is 2. The molecule has 3 N–H and O–H groups in total. The Labute approximate surface area is 88.3 Å². The summed E-state index contributed by atoms with van der Waals surface area (Å²) in [5.74, 6) is 1.80. The zero-order valence-electron chi connectivity index (χ0n) is 8.40. The predicted octanol–water partition coefficient (Wildman–Crippen LogP) is 2.54. The monoisotopic (exact) mass is 199 g/mol. The van der Waals surface area contributed by atoms with E-state index in [1.165, 1.54) is 12.8 Å². The molecule has 1 aromatic heterocycles. The Morgan fingerprint density at radius 2 is 1.93 bits per heavy atom. The minimum atomic E-state index is 0.674. The number of imidazole rings is 1. The van der Waals surface area contributed by atoms with Crippen molar-refractivity contribution in [3.05, 3.63) is 36.3 Å². The molecule has 15 heavy (non-hydrogen) atoms. The number of nitrogens with two attached hydrogens (primary N) is 1. The first-order chi connectivity index (χ1) is 7.33. The Kier molecular flexibility index (Phi) is 1.78. The van der Waals surface area contributed by atoms with Crippen LogP contribution >= 0.6 is 0 Å². The van der Waals surface area contributed by atoms with E-state index in [0.29, 0.717) is 5.92 Å². The third kappa shape index (κ3) is 1.61. The first kappa shape index (κ1) is 8.53. The van der Waals surface area contributed by atoms with Gasteiger partial charge in [-0.05, 0) is 30.5 Å². The topological polar surface area (TPSA) is 54.7 Å². The second-order valence-electron chi connectivity index (χ2n) is 4.08. The first-order valence-corrected chi connectivity index (χ1v) is 5.24. The van der Waals surface area contributed by atoms with Crippen molar-refractivity contribution in [2.24, 2.45) is 0 Å². The van der Waals surface area contributed by atoms with E-state index in [0.717, 1.165) is 22.8 Å². The highest BCUT2D eigenvalue weighted by Gasteiger charge is 2.26. The minimum Gasteiger partial charge on any atom is -0.399 e. The van der Waals surface area contributed by atoms with Crippen molar-refractivity contribution < 1.29 is 0 Å². The van der Waals surface area contributed by atoms with Crippen molar-refractivity contribution in [2.75, 3.05) is 5.73 Å². The molecule has 0 unspecified atom stereocenters. The Bertz CT molecular complexity index is 466. The second-order valence-corrected chi connectivity index (χ2v) is 4.08. The molecule has 1 aliphatic carbocycles. The van der Waals surface area contributed by atoms with Crippen molar-refractivity contribution in [2.45, 2.75) is 18.8 Å². The van der Waals surface area contributed by atoms with E-state index in [2.05, 4.69) is 9.97 Å². The van der Waals surface area contributed by atoms with Crippen LogP contribution in [0.1, 0.15) is 24.6 Å². The molecule has 1 heterocycles. The van der Waals surface area contributed by atoms with Gasteiger partial charge in [-0.25, -0.2) is 4.98 Å². The summed E-state index contributed by atoms with van der Waals surface area (Å²) >= 11 is 0. The predicted molar refractivity (Wildman–Crippen MR) is 60.4 cm³/mol. The number of aromatic amines is 1. The van der Waals surface area contributed by atoms with Crippen LogP contribution in [0.4, 0.5) is 5.69 Å². The van der Waals surface area contributed by atoms with Gasteiger partial charge in [-0.1, -0.05) is 12.1 Å². The number of benzene rings is 1. The molecule has 0 amide bonds. The van der Waals surface area contributed by atoms with E-state index in [4.69, 9.17) is 5.73 Å². The third-order valence-corrected chi connectivity index (χ3v) is 2.78. The number of rotatable bonds is 2. The highest BCUT2D eigenvalue weighted by atomic mass is 14.9. The molecule has 2 aromatic rings. The molecule has 0 aliphatic heterocycles. The number of aromatic nitrogens is 2. The van der Waals surface area contributed by atoms with Gasteiger partial charge in [0.25, 0.3) is 0 Å². The van der Waals surface area contributed by atoms with Crippen LogP contribution in [-0.4, -0.2) is 9.97 Å². The summed E-state index contributed by atoms with van der Waals surface area (Å²) in [6.07, 6.45) is 4.45. The van der Waals surface area contributed by atoms with Gasteiger partial charge in [0.2, 0.25) is 0 Å². The molecule has 3 nitrogen and oxygen atoms in total. The van der Waals surface area contributed by atoms with Gasteiger partial charge in [0, 0.05) is 11.6 Å². The van der Waals surface area contributed by atoms with E-state index in [1.807, 2.05) is 30.5 Å². The van der Waals surface area contributed by atoms with E-state index in [1.54, 1.807) is 0 Å². The van der Waals surface area contributed by atoms with Gasteiger partial charge in [0.05, 0.1) is 11.9 Å². The maximum atomic E-state index is 5.64. The Hall–Kier alpha value is -1.77. The normalized spacial score (nSPS) is 15.5. The number of nitrogen functional groups attached to an aromatic ring is 1. The van der Waals surface area contributed by atoms with Crippen LogP contribution < -0.4 is 5.73 Å². The second kappa shape index (κ2) is 3.12. The van der Waals surface area contributed by atoms with Crippen LogP contribution in [0, 0.1) is 0 Å². The average Bonchev–Trinajstić information content (AvgIpc) is 2.99. The minimum absolute atomic E-state index is 0.674. The van der Waals surface area contributed by atoms with Crippen molar-refractivity contribution in [1.82, 2.24) is 9.97 Å². The van der Waals surface area contributed by atoms with Crippen LogP contribution in [0.5, 0.6) is 0 Å². The maximum absolute atomic E-state index is 5.64. The van der Waals surface area contributed by atoms with Crippen LogP contribution in [-0.2, 0) is 0 Å². The number of anilines is 1. The number of H-pyrrole nitrogens is 1. The highest BCUT2D eigenvalue weighted by molar-refractivity contribution is 5.61. The van der Waals surface area contributed by atoms with Gasteiger partial charge in [0.15, 0.2) is 0 Å². The van der Waals surface area contributed by atoms with E-state index < -0.39 is 0 Å². The molecule has 0 saturated heterocycles. The summed E-state index contributed by atoms with van der Waals surface area (Å²) in [5.41, 5.74) is 8.66. The molecule has 0 bridgehead atoms. The molecule has 0 radical (unpaired) electrons. The standard InChI is InChI=1S/C12H13N3/c13-10-5-3-8(4-6-10)11-7-14-12(15-11)9-1-2-9/h3-7,9H,1-2,13H2,(H,14,15). The zero-order valence-corrected chi connectivity index (χ0v) is 8.40. The molecular formula is C12H13N3. The summed E-state index contributed by atoms with van der Waals surface area (Å²) in [5, 5.41) is 0. The fourth-order valence-electron chi connectivity index (χ4n) is 1.71. The van der Waals surface area contributed by atoms with Crippen LogP contribution in [0.2, 0.25) is 0 Å². The molecule has 3 rings (SSSR count). The molecular weight excluding hydrogens is 186 g/mol. The van der Waals surface area contributed by atoms with Crippen LogP contribution in [0.25, 0.3) is 11.3 Å². The summed E-state index contributed by atoms with van der Waals surface area (Å²) in [6.45, 7) is 0. The maximum Gasteiger partial charge on any atom is 0.109 e. The summed E-state index contributed by atoms with van der Waals surface area (Å²) in [4.78, 5) is 7.75. The molecule has 1 aliphatic rings. The van der Waals surface area contributed by atoms with Gasteiger partial charge in [-0.15, -0.1) is 0 Å². The van der Waals surface area contributed by atoms with Crippen molar-refractivity contribution >= 4 is 5.69 Å². The van der Waals surface area contributed by atoms with Gasteiger partial charge in [0.1, 0.15) is 5.82 Å². The molecule has 0 spiro atoms. The van der Waals surface area contributed by atoms with Crippen molar-refractivity contribution in [3.63, 3.8) is 0 Å². The smallest absolute Gasteiger partial charge is 0.109 e. The number of hydrogen-bond acceptors (Lipinski definition) is 2. The largest absolute Gasteiger partial charge is 0.399 e. The van der Waals surface area contributed by atoms with E-state index in [-0.39, 0.29) is 0 Å². The molecule has 0 atom stereocenters. The van der Waals surface area contributed by atoms with Crippen LogP contribution in [0.3, 0.4) is 0 Å². The Morgan fingerprint density at radius 3 is 2.60 bits per heavy atom. The molecule has 1 fully saturated rings. The fraction of sp³-hybridized carbons (Fsp3) is 0.250. The van der Waals surface area contributed by atoms with Gasteiger partial charge in [-0.2, -0.15) is 0 Å². The summed E-state index contributed by atoms with van der Waals surface area (Å²) < 4.78 is 0. The molecule has 1 saturated carbocycles. The average molecular weight is 199 g/mol. The van der Waals surface area contributed by atoms with Gasteiger partial charge >= 0.3 is 0 Å². The number of nitrogens with one attached hydrogen (secondary N) is 1. The van der Waals surface area contributed by atoms with Crippen LogP contribution in [0.15, 0.2) is 30.5 Å². The zero-order chi connectivity index (χ0) is 10.3. The lowest BCUT2D eigenvalue weighted by Gasteiger charge is -1.97. The first-order valence-electron chi connectivity index (χ1n) is 5.24.